The van der Waals surface area contributed by atoms with Gasteiger partial charge in [-0.2, -0.15) is 15.3 Å². The van der Waals surface area contributed by atoms with Gasteiger partial charge in [-0.15, -0.1) is 0 Å². The summed E-state index contributed by atoms with van der Waals surface area (Å²) in [5, 5.41) is 18.2. The molecule has 148 valence electrons. The van der Waals surface area contributed by atoms with Crippen LogP contribution in [0.2, 0.25) is 5.02 Å². The number of anilines is 2. The second-order valence-electron chi connectivity index (χ2n) is 6.08. The standard InChI is InChI=1S/C17H21ClN8O2/c1-5-25-9-11(18)14(23-25)16(27)22-13-8-20-26(6-2)15(13)17(28)21-12-7-19-24(4)10(12)3/h7-9H,5-6H2,1-4H3,(H,21,28)(H,22,27). The van der Waals surface area contributed by atoms with Crippen molar-refractivity contribution in [3.8, 4) is 0 Å². The van der Waals surface area contributed by atoms with Gasteiger partial charge in [-0.1, -0.05) is 11.6 Å². The van der Waals surface area contributed by atoms with Gasteiger partial charge in [0.2, 0.25) is 0 Å². The number of hydrogen-bond acceptors (Lipinski definition) is 5. The Labute approximate surface area is 166 Å². The van der Waals surface area contributed by atoms with E-state index in [1.54, 1.807) is 28.8 Å². The molecule has 0 aliphatic rings. The highest BCUT2D eigenvalue weighted by molar-refractivity contribution is 6.34. The molecular formula is C17H21ClN8O2. The molecule has 0 saturated carbocycles. The fourth-order valence-electron chi connectivity index (χ4n) is 2.65. The smallest absolute Gasteiger partial charge is 0.277 e. The summed E-state index contributed by atoms with van der Waals surface area (Å²) in [5.41, 5.74) is 1.97. The maximum atomic E-state index is 12.9. The molecule has 0 aliphatic carbocycles. The Hall–Kier alpha value is -3.14. The van der Waals surface area contributed by atoms with E-state index in [1.807, 2.05) is 20.8 Å². The minimum atomic E-state index is -0.514. The summed E-state index contributed by atoms with van der Waals surface area (Å²) >= 11 is 6.09. The van der Waals surface area contributed by atoms with Crippen LogP contribution in [0.3, 0.4) is 0 Å². The lowest BCUT2D eigenvalue weighted by Crippen LogP contribution is -2.21. The highest BCUT2D eigenvalue weighted by Crippen LogP contribution is 2.21. The summed E-state index contributed by atoms with van der Waals surface area (Å²) in [6.07, 6.45) is 4.57. The normalized spacial score (nSPS) is 10.9. The van der Waals surface area contributed by atoms with E-state index in [-0.39, 0.29) is 22.1 Å². The van der Waals surface area contributed by atoms with Gasteiger partial charge in [-0.05, 0) is 20.8 Å². The molecule has 11 heteroatoms. The number of aryl methyl sites for hydroxylation is 3. The second kappa shape index (κ2) is 7.85. The van der Waals surface area contributed by atoms with E-state index < -0.39 is 11.8 Å². The number of carbonyl (C=O) groups is 2. The van der Waals surface area contributed by atoms with Crippen LogP contribution in [0.1, 0.15) is 40.5 Å². The second-order valence-corrected chi connectivity index (χ2v) is 6.49. The fourth-order valence-corrected chi connectivity index (χ4v) is 2.89. The van der Waals surface area contributed by atoms with Gasteiger partial charge in [0.25, 0.3) is 11.8 Å². The summed E-state index contributed by atoms with van der Waals surface area (Å²) in [4.78, 5) is 25.5. The van der Waals surface area contributed by atoms with Crippen molar-refractivity contribution in [3.05, 3.63) is 40.7 Å². The first-order chi connectivity index (χ1) is 13.3. The molecule has 3 aromatic heterocycles. The average Bonchev–Trinajstić information content (AvgIpc) is 3.34. The van der Waals surface area contributed by atoms with E-state index in [4.69, 9.17) is 11.6 Å². The van der Waals surface area contributed by atoms with Crippen LogP contribution in [-0.2, 0) is 20.1 Å². The van der Waals surface area contributed by atoms with Crippen molar-refractivity contribution >= 4 is 34.8 Å². The Morgan fingerprint density at radius 2 is 1.75 bits per heavy atom. The van der Waals surface area contributed by atoms with Crippen molar-refractivity contribution in [1.82, 2.24) is 29.3 Å². The molecule has 2 amide bonds. The van der Waals surface area contributed by atoms with Crippen molar-refractivity contribution in [2.24, 2.45) is 7.05 Å². The van der Waals surface area contributed by atoms with Crippen molar-refractivity contribution in [2.45, 2.75) is 33.9 Å². The molecule has 0 fully saturated rings. The zero-order chi connectivity index (χ0) is 20.4. The van der Waals surface area contributed by atoms with Crippen molar-refractivity contribution in [3.63, 3.8) is 0 Å². The number of halogens is 1. The lowest BCUT2D eigenvalue weighted by Gasteiger charge is -2.09. The molecule has 0 bridgehead atoms. The third-order valence-electron chi connectivity index (χ3n) is 4.34. The number of nitrogens with zero attached hydrogens (tertiary/aromatic N) is 6. The molecule has 2 N–H and O–H groups in total. The molecule has 0 radical (unpaired) electrons. The fraction of sp³-hybridized carbons (Fsp3) is 0.353. The third-order valence-corrected chi connectivity index (χ3v) is 4.62. The molecule has 0 atom stereocenters. The van der Waals surface area contributed by atoms with Gasteiger partial charge >= 0.3 is 0 Å². The zero-order valence-electron chi connectivity index (χ0n) is 16.0. The van der Waals surface area contributed by atoms with Gasteiger partial charge in [0.15, 0.2) is 5.69 Å². The maximum absolute atomic E-state index is 12.9. The van der Waals surface area contributed by atoms with Gasteiger partial charge in [-0.25, -0.2) is 0 Å². The lowest BCUT2D eigenvalue weighted by atomic mass is 10.3. The number of hydrogen-bond donors (Lipinski definition) is 2. The third kappa shape index (κ3) is 3.63. The first-order valence-electron chi connectivity index (χ1n) is 8.75. The Morgan fingerprint density at radius 3 is 2.32 bits per heavy atom. The summed E-state index contributed by atoms with van der Waals surface area (Å²) in [7, 11) is 1.78. The van der Waals surface area contributed by atoms with Gasteiger partial charge in [0, 0.05) is 26.3 Å². The summed E-state index contributed by atoms with van der Waals surface area (Å²) < 4.78 is 4.72. The number of aromatic nitrogens is 6. The number of nitrogens with one attached hydrogen (secondary N) is 2. The van der Waals surface area contributed by atoms with Crippen LogP contribution in [0, 0.1) is 6.92 Å². The molecule has 0 spiro atoms. The van der Waals surface area contributed by atoms with E-state index in [0.29, 0.717) is 18.8 Å². The van der Waals surface area contributed by atoms with Gasteiger partial charge in [0.1, 0.15) is 5.69 Å². The summed E-state index contributed by atoms with van der Waals surface area (Å²) in [5.74, 6) is -0.921. The Kier molecular flexibility index (Phi) is 5.50. The molecule has 3 rings (SSSR count). The predicted molar refractivity (Wildman–Crippen MR) is 105 cm³/mol. The van der Waals surface area contributed by atoms with Gasteiger partial charge < -0.3 is 10.6 Å². The molecule has 0 aliphatic heterocycles. The topological polar surface area (TPSA) is 112 Å². The van der Waals surface area contributed by atoms with Crippen molar-refractivity contribution in [1.29, 1.82) is 0 Å². The quantitative estimate of drug-likeness (QED) is 0.654. The van der Waals surface area contributed by atoms with Gasteiger partial charge in [0.05, 0.1) is 34.5 Å². The summed E-state index contributed by atoms with van der Waals surface area (Å²) in [6, 6.07) is 0. The van der Waals surface area contributed by atoms with Crippen LogP contribution in [-0.4, -0.2) is 41.2 Å². The minimum Gasteiger partial charge on any atom is -0.318 e. The van der Waals surface area contributed by atoms with Crippen molar-refractivity contribution < 1.29 is 9.59 Å². The molecule has 0 saturated heterocycles. The lowest BCUT2D eigenvalue weighted by molar-refractivity contribution is 0.101. The van der Waals surface area contributed by atoms with E-state index in [2.05, 4.69) is 25.9 Å². The van der Waals surface area contributed by atoms with Gasteiger partial charge in [-0.3, -0.25) is 23.6 Å². The number of amides is 2. The monoisotopic (exact) mass is 404 g/mol. The van der Waals surface area contributed by atoms with Crippen LogP contribution in [0.4, 0.5) is 11.4 Å². The summed E-state index contributed by atoms with van der Waals surface area (Å²) in [6.45, 7) is 6.62. The van der Waals surface area contributed by atoms with E-state index >= 15 is 0 Å². The zero-order valence-corrected chi connectivity index (χ0v) is 16.8. The Morgan fingerprint density at radius 1 is 1.07 bits per heavy atom. The largest absolute Gasteiger partial charge is 0.318 e. The molecule has 0 aromatic carbocycles. The highest BCUT2D eigenvalue weighted by atomic mass is 35.5. The highest BCUT2D eigenvalue weighted by Gasteiger charge is 2.23. The Bertz CT molecular complexity index is 1030. The first-order valence-corrected chi connectivity index (χ1v) is 9.13. The van der Waals surface area contributed by atoms with Crippen LogP contribution < -0.4 is 10.6 Å². The van der Waals surface area contributed by atoms with E-state index in [1.165, 1.54) is 10.9 Å². The van der Waals surface area contributed by atoms with E-state index in [0.717, 1.165) is 5.69 Å². The van der Waals surface area contributed by atoms with E-state index in [9.17, 15) is 9.59 Å². The van der Waals surface area contributed by atoms with Crippen LogP contribution >= 0.6 is 11.6 Å². The van der Waals surface area contributed by atoms with Crippen LogP contribution in [0.5, 0.6) is 0 Å². The molecule has 28 heavy (non-hydrogen) atoms. The molecule has 3 aromatic rings. The average molecular weight is 405 g/mol. The SMILES string of the molecule is CCn1cc(Cl)c(C(=O)Nc2cnn(CC)c2C(=O)Nc2cnn(C)c2C)n1. The molecule has 0 unspecified atom stereocenters. The van der Waals surface area contributed by atoms with Crippen LogP contribution in [0.15, 0.2) is 18.6 Å². The number of carbonyl (C=O) groups excluding carboxylic acids is 2. The first kappa shape index (κ1) is 19.6. The molecular weight excluding hydrogens is 384 g/mol. The van der Waals surface area contributed by atoms with Crippen molar-refractivity contribution in [2.75, 3.05) is 10.6 Å². The predicted octanol–water partition coefficient (Wildman–Crippen LogP) is 2.32. The number of rotatable bonds is 6. The Balaban J connectivity index is 1.87. The minimum absolute atomic E-state index is 0.0854. The molecule has 10 nitrogen and oxygen atoms in total. The maximum Gasteiger partial charge on any atom is 0.277 e. The van der Waals surface area contributed by atoms with Crippen LogP contribution in [0.25, 0.3) is 0 Å². The molecule has 3 heterocycles.